The lowest BCUT2D eigenvalue weighted by atomic mass is 10.1. The molecule has 136 valence electrons. The highest BCUT2D eigenvalue weighted by Crippen LogP contribution is 2.32. The van der Waals surface area contributed by atoms with E-state index in [1.54, 1.807) is 29.2 Å². The van der Waals surface area contributed by atoms with Gasteiger partial charge in [-0.05, 0) is 48.4 Å². The molecule has 0 atom stereocenters. The molecule has 1 aromatic heterocycles. The fourth-order valence-corrected chi connectivity index (χ4v) is 3.06. The van der Waals surface area contributed by atoms with Crippen LogP contribution in [0.5, 0.6) is 5.75 Å². The molecular formula is C21H18N2O4. The fourth-order valence-electron chi connectivity index (χ4n) is 3.06. The molecule has 0 spiro atoms. The van der Waals surface area contributed by atoms with Crippen LogP contribution in [0.2, 0.25) is 0 Å². The van der Waals surface area contributed by atoms with Crippen molar-refractivity contribution < 1.29 is 18.7 Å². The Morgan fingerprint density at radius 3 is 2.70 bits per heavy atom. The zero-order valence-corrected chi connectivity index (χ0v) is 14.6. The van der Waals surface area contributed by atoms with Crippen molar-refractivity contribution in [1.82, 2.24) is 0 Å². The first-order chi connectivity index (χ1) is 13.2. The van der Waals surface area contributed by atoms with E-state index in [4.69, 9.17) is 9.15 Å². The molecule has 4 rings (SSSR count). The molecule has 0 bridgehead atoms. The molecule has 0 saturated heterocycles. The number of rotatable bonds is 5. The molecule has 0 radical (unpaired) electrons. The van der Waals surface area contributed by atoms with Crippen LogP contribution in [0.3, 0.4) is 0 Å². The Kier molecular flexibility index (Phi) is 4.61. The number of amides is 2. The molecule has 0 saturated carbocycles. The highest BCUT2D eigenvalue weighted by atomic mass is 16.5. The van der Waals surface area contributed by atoms with E-state index in [0.717, 1.165) is 17.7 Å². The summed E-state index contributed by atoms with van der Waals surface area (Å²) in [6.07, 6.45) is 2.25. The number of anilines is 2. The number of fused-ring (bicyclic) bond motifs is 1. The second-order valence-corrected chi connectivity index (χ2v) is 6.18. The van der Waals surface area contributed by atoms with Gasteiger partial charge in [-0.2, -0.15) is 0 Å². The van der Waals surface area contributed by atoms with Crippen LogP contribution in [0.25, 0.3) is 0 Å². The van der Waals surface area contributed by atoms with Gasteiger partial charge in [-0.25, -0.2) is 0 Å². The van der Waals surface area contributed by atoms with Crippen molar-refractivity contribution in [3.8, 4) is 5.75 Å². The first-order valence-electron chi connectivity index (χ1n) is 8.67. The highest BCUT2D eigenvalue weighted by molar-refractivity contribution is 6.06. The molecule has 0 aliphatic carbocycles. The number of benzene rings is 2. The van der Waals surface area contributed by atoms with Crippen molar-refractivity contribution in [2.45, 2.75) is 6.42 Å². The number of hydrogen-bond donors (Lipinski definition) is 1. The Morgan fingerprint density at radius 1 is 1.07 bits per heavy atom. The normalized spacial score (nSPS) is 12.5. The van der Waals surface area contributed by atoms with Crippen LogP contribution < -0.4 is 15.0 Å². The molecule has 2 aromatic carbocycles. The molecule has 0 fully saturated rings. The predicted octanol–water partition coefficient (Wildman–Crippen LogP) is 3.50. The summed E-state index contributed by atoms with van der Waals surface area (Å²) < 4.78 is 10.7. The Labute approximate surface area is 156 Å². The van der Waals surface area contributed by atoms with Crippen LogP contribution in [0.4, 0.5) is 11.4 Å². The molecular weight excluding hydrogens is 344 g/mol. The summed E-state index contributed by atoms with van der Waals surface area (Å²) in [6, 6.07) is 18.1. The summed E-state index contributed by atoms with van der Waals surface area (Å²) in [5.41, 5.74) is 2.47. The lowest BCUT2D eigenvalue weighted by Crippen LogP contribution is -2.28. The van der Waals surface area contributed by atoms with Crippen LogP contribution in [0.1, 0.15) is 16.1 Å². The number of ether oxygens (including phenoxy) is 1. The molecule has 6 heteroatoms. The van der Waals surface area contributed by atoms with E-state index in [2.05, 4.69) is 5.32 Å². The lowest BCUT2D eigenvalue weighted by molar-refractivity contribution is -0.118. The number of nitrogens with zero attached hydrogens (tertiary/aromatic N) is 1. The molecule has 1 aliphatic rings. The minimum absolute atomic E-state index is 0.0872. The second-order valence-electron chi connectivity index (χ2n) is 6.18. The molecule has 2 heterocycles. The van der Waals surface area contributed by atoms with Gasteiger partial charge in [0.25, 0.3) is 11.8 Å². The fraction of sp³-hybridized carbons (Fsp3) is 0.143. The van der Waals surface area contributed by atoms with E-state index in [1.165, 1.54) is 6.26 Å². The average Bonchev–Trinajstić information content (AvgIpc) is 3.36. The van der Waals surface area contributed by atoms with Gasteiger partial charge in [0, 0.05) is 17.9 Å². The van der Waals surface area contributed by atoms with Gasteiger partial charge in [0.05, 0.1) is 6.26 Å². The summed E-state index contributed by atoms with van der Waals surface area (Å²) in [7, 11) is 0. The zero-order valence-electron chi connectivity index (χ0n) is 14.6. The number of carbonyl (C=O) groups is 2. The predicted molar refractivity (Wildman–Crippen MR) is 101 cm³/mol. The average molecular weight is 362 g/mol. The van der Waals surface area contributed by atoms with Crippen molar-refractivity contribution in [3.05, 3.63) is 78.3 Å². The maximum absolute atomic E-state index is 12.6. The van der Waals surface area contributed by atoms with Gasteiger partial charge in [0.2, 0.25) is 0 Å². The molecule has 6 nitrogen and oxygen atoms in total. The Hall–Kier alpha value is -3.54. The topological polar surface area (TPSA) is 71.8 Å². The number of hydrogen-bond acceptors (Lipinski definition) is 4. The summed E-state index contributed by atoms with van der Waals surface area (Å²) >= 11 is 0. The van der Waals surface area contributed by atoms with Gasteiger partial charge in [-0.15, -0.1) is 0 Å². The van der Waals surface area contributed by atoms with Crippen LogP contribution in [0, 0.1) is 0 Å². The first kappa shape index (κ1) is 16.9. The maximum Gasteiger partial charge on any atom is 0.293 e. The zero-order chi connectivity index (χ0) is 18.6. The van der Waals surface area contributed by atoms with E-state index in [0.29, 0.717) is 23.7 Å². The molecule has 2 amide bonds. The van der Waals surface area contributed by atoms with Crippen molar-refractivity contribution in [2.24, 2.45) is 0 Å². The van der Waals surface area contributed by atoms with E-state index < -0.39 is 0 Å². The van der Waals surface area contributed by atoms with Crippen LogP contribution in [-0.4, -0.2) is 25.0 Å². The lowest BCUT2D eigenvalue weighted by Gasteiger charge is -2.17. The van der Waals surface area contributed by atoms with E-state index >= 15 is 0 Å². The van der Waals surface area contributed by atoms with E-state index in [9.17, 15) is 9.59 Å². The minimum atomic E-state index is -0.263. The van der Waals surface area contributed by atoms with Crippen LogP contribution in [0.15, 0.2) is 71.3 Å². The van der Waals surface area contributed by atoms with Gasteiger partial charge >= 0.3 is 0 Å². The van der Waals surface area contributed by atoms with Gasteiger partial charge in [0.15, 0.2) is 12.4 Å². The van der Waals surface area contributed by atoms with Crippen molar-refractivity contribution >= 4 is 23.2 Å². The van der Waals surface area contributed by atoms with Crippen LogP contribution in [-0.2, 0) is 11.2 Å². The van der Waals surface area contributed by atoms with E-state index in [-0.39, 0.29) is 18.4 Å². The van der Waals surface area contributed by atoms with Gasteiger partial charge < -0.3 is 19.4 Å². The quantitative estimate of drug-likeness (QED) is 0.754. The standard InChI is InChI=1S/C21H18N2O4/c24-20(14-27-17-5-2-1-3-6-17)22-16-9-8-15-10-11-23(18(15)13-16)21(25)19-7-4-12-26-19/h1-9,12-13H,10-11,14H2,(H,22,24). The molecule has 27 heavy (non-hydrogen) atoms. The SMILES string of the molecule is O=C(COc1ccccc1)Nc1ccc2c(c1)N(C(=O)c1ccco1)CC2. The summed E-state index contributed by atoms with van der Waals surface area (Å²) in [4.78, 5) is 26.4. The first-order valence-corrected chi connectivity index (χ1v) is 8.67. The molecule has 1 N–H and O–H groups in total. The summed E-state index contributed by atoms with van der Waals surface area (Å²) in [5.74, 6) is 0.487. The van der Waals surface area contributed by atoms with Crippen molar-refractivity contribution in [2.75, 3.05) is 23.4 Å². The molecule has 1 aliphatic heterocycles. The number of furan rings is 1. The summed E-state index contributed by atoms with van der Waals surface area (Å²) in [6.45, 7) is 0.500. The molecule has 0 unspecified atom stereocenters. The highest BCUT2D eigenvalue weighted by Gasteiger charge is 2.27. The summed E-state index contributed by atoms with van der Waals surface area (Å²) in [5, 5.41) is 2.81. The van der Waals surface area contributed by atoms with Crippen LogP contribution >= 0.6 is 0 Å². The Balaban J connectivity index is 1.44. The van der Waals surface area contributed by atoms with Crippen molar-refractivity contribution in [3.63, 3.8) is 0 Å². The largest absolute Gasteiger partial charge is 0.484 e. The Morgan fingerprint density at radius 2 is 1.93 bits per heavy atom. The van der Waals surface area contributed by atoms with Gasteiger partial charge in [-0.3, -0.25) is 9.59 Å². The third kappa shape index (κ3) is 3.69. The van der Waals surface area contributed by atoms with Crippen molar-refractivity contribution in [1.29, 1.82) is 0 Å². The minimum Gasteiger partial charge on any atom is -0.484 e. The third-order valence-electron chi connectivity index (χ3n) is 4.35. The smallest absolute Gasteiger partial charge is 0.293 e. The number of para-hydroxylation sites is 1. The Bertz CT molecular complexity index is 952. The van der Waals surface area contributed by atoms with Gasteiger partial charge in [0.1, 0.15) is 5.75 Å². The molecule has 3 aromatic rings. The monoisotopic (exact) mass is 362 g/mol. The van der Waals surface area contributed by atoms with Gasteiger partial charge in [-0.1, -0.05) is 24.3 Å². The van der Waals surface area contributed by atoms with E-state index in [1.807, 2.05) is 36.4 Å². The number of nitrogens with one attached hydrogen (secondary N) is 1. The third-order valence-corrected chi connectivity index (χ3v) is 4.35. The second kappa shape index (κ2) is 7.37. The maximum atomic E-state index is 12.6. The number of carbonyl (C=O) groups excluding carboxylic acids is 2.